The third kappa shape index (κ3) is 4.70. The second-order valence-corrected chi connectivity index (χ2v) is 8.78. The van der Waals surface area contributed by atoms with Gasteiger partial charge in [0.25, 0.3) is 0 Å². The van der Waals surface area contributed by atoms with Crippen molar-refractivity contribution >= 4 is 15.9 Å². The Labute approximate surface area is 155 Å². The van der Waals surface area contributed by atoms with Gasteiger partial charge in [0.15, 0.2) is 0 Å². The molecule has 2 aliphatic heterocycles. The monoisotopic (exact) mass is 407 g/mol. The van der Waals surface area contributed by atoms with Crippen molar-refractivity contribution < 1.29 is 31.1 Å². The molecule has 3 heterocycles. The van der Waals surface area contributed by atoms with E-state index in [1.165, 1.54) is 4.31 Å². The average molecular weight is 407 g/mol. The van der Waals surface area contributed by atoms with Crippen LogP contribution in [0.25, 0.3) is 0 Å². The van der Waals surface area contributed by atoms with E-state index in [4.69, 9.17) is 4.74 Å². The molecule has 0 N–H and O–H groups in total. The number of likely N-dealkylation sites (tertiary alicyclic amines) is 1. The Hall–Kier alpha value is -1.88. The van der Waals surface area contributed by atoms with E-state index in [1.807, 2.05) is 0 Å². The van der Waals surface area contributed by atoms with Gasteiger partial charge in [-0.25, -0.2) is 17.7 Å². The van der Waals surface area contributed by atoms with E-state index in [-0.39, 0.29) is 30.8 Å². The largest absolute Gasteiger partial charge is 0.471 e. The highest BCUT2D eigenvalue weighted by molar-refractivity contribution is 7.88. The van der Waals surface area contributed by atoms with Gasteiger partial charge in [0.05, 0.1) is 24.9 Å². The minimum absolute atomic E-state index is 0.0694. The van der Waals surface area contributed by atoms with Gasteiger partial charge in [0.2, 0.25) is 21.8 Å². The van der Waals surface area contributed by atoms with Crippen LogP contribution in [0.1, 0.15) is 18.4 Å². The zero-order chi connectivity index (χ0) is 19.8. The Bertz CT molecular complexity index is 801. The zero-order valence-corrected chi connectivity index (χ0v) is 15.5. The molecule has 0 radical (unpaired) electrons. The molecule has 0 atom stereocenters. The van der Waals surface area contributed by atoms with Crippen molar-refractivity contribution in [2.75, 3.05) is 32.4 Å². The fourth-order valence-electron chi connectivity index (χ4n) is 3.21. The zero-order valence-electron chi connectivity index (χ0n) is 14.6. The van der Waals surface area contributed by atoms with Gasteiger partial charge in [0.1, 0.15) is 6.10 Å². The first kappa shape index (κ1) is 19.9. The third-order valence-electron chi connectivity index (χ3n) is 4.78. The normalized spacial score (nSPS) is 20.4. The molecule has 0 spiro atoms. The van der Waals surface area contributed by atoms with Crippen LogP contribution >= 0.6 is 0 Å². The van der Waals surface area contributed by atoms with Crippen LogP contribution in [0, 0.1) is 5.92 Å². The number of halogens is 3. The molecule has 27 heavy (non-hydrogen) atoms. The van der Waals surface area contributed by atoms with Crippen LogP contribution in [0.5, 0.6) is 5.88 Å². The Kier molecular flexibility index (Phi) is 5.35. The van der Waals surface area contributed by atoms with Crippen molar-refractivity contribution in [1.29, 1.82) is 0 Å². The molecule has 0 aromatic carbocycles. The first-order chi connectivity index (χ1) is 12.5. The molecule has 7 nitrogen and oxygen atoms in total. The lowest BCUT2D eigenvalue weighted by atomic mass is 9.95. The van der Waals surface area contributed by atoms with Gasteiger partial charge in [-0.3, -0.25) is 4.79 Å². The Morgan fingerprint density at radius 3 is 2.44 bits per heavy atom. The van der Waals surface area contributed by atoms with Gasteiger partial charge in [-0.05, 0) is 18.9 Å². The number of hydrogen-bond acceptors (Lipinski definition) is 5. The van der Waals surface area contributed by atoms with Gasteiger partial charge in [-0.15, -0.1) is 0 Å². The van der Waals surface area contributed by atoms with Crippen molar-refractivity contribution in [1.82, 2.24) is 14.2 Å². The summed E-state index contributed by atoms with van der Waals surface area (Å²) in [5.41, 5.74) is -0.836. The second-order valence-electron chi connectivity index (χ2n) is 6.80. The molecule has 0 saturated carbocycles. The van der Waals surface area contributed by atoms with Gasteiger partial charge < -0.3 is 9.64 Å². The van der Waals surface area contributed by atoms with Gasteiger partial charge >= 0.3 is 6.18 Å². The molecular weight excluding hydrogens is 387 g/mol. The summed E-state index contributed by atoms with van der Waals surface area (Å²) in [6, 6.07) is 1.71. The summed E-state index contributed by atoms with van der Waals surface area (Å²) >= 11 is 0. The first-order valence-corrected chi connectivity index (χ1v) is 10.3. The average Bonchev–Trinajstić information content (AvgIpc) is 2.56. The summed E-state index contributed by atoms with van der Waals surface area (Å²) in [5.74, 6) is -0.431. The van der Waals surface area contributed by atoms with E-state index in [2.05, 4.69) is 4.98 Å². The molecular formula is C16H20F3N3O4S. The highest BCUT2D eigenvalue weighted by Crippen LogP contribution is 2.31. The predicted octanol–water partition coefficient (Wildman–Crippen LogP) is 1.36. The smallest absolute Gasteiger partial charge is 0.416 e. The van der Waals surface area contributed by atoms with Crippen LogP contribution in [0.2, 0.25) is 0 Å². The minimum atomic E-state index is -4.47. The van der Waals surface area contributed by atoms with Crippen molar-refractivity contribution in [2.45, 2.75) is 25.1 Å². The summed E-state index contributed by atoms with van der Waals surface area (Å²) < 4.78 is 67.9. The number of nitrogens with zero attached hydrogens (tertiary/aromatic N) is 3. The molecule has 0 aliphatic carbocycles. The SMILES string of the molecule is CS(=O)(=O)N1CCC(C(=O)N2CC(Oc3cc(C(F)(F)F)ccn3)C2)CC1. The molecule has 11 heteroatoms. The number of piperidine rings is 1. The molecule has 0 bridgehead atoms. The maximum absolute atomic E-state index is 12.7. The molecule has 0 unspecified atom stereocenters. The van der Waals surface area contributed by atoms with Gasteiger partial charge in [-0.1, -0.05) is 0 Å². The fourth-order valence-corrected chi connectivity index (χ4v) is 4.08. The van der Waals surface area contributed by atoms with Crippen molar-refractivity contribution in [3.63, 3.8) is 0 Å². The van der Waals surface area contributed by atoms with Gasteiger partial charge in [-0.2, -0.15) is 13.2 Å². The van der Waals surface area contributed by atoms with E-state index in [0.29, 0.717) is 25.9 Å². The number of hydrogen-bond donors (Lipinski definition) is 0. The second kappa shape index (κ2) is 7.27. The maximum Gasteiger partial charge on any atom is 0.416 e. The predicted molar refractivity (Wildman–Crippen MR) is 89.4 cm³/mol. The lowest BCUT2D eigenvalue weighted by molar-refractivity contribution is -0.145. The highest BCUT2D eigenvalue weighted by atomic mass is 32.2. The van der Waals surface area contributed by atoms with Crippen molar-refractivity contribution in [3.8, 4) is 5.88 Å². The van der Waals surface area contributed by atoms with E-state index < -0.39 is 27.9 Å². The lowest BCUT2D eigenvalue weighted by Crippen LogP contribution is -2.58. The van der Waals surface area contributed by atoms with Gasteiger partial charge in [0, 0.05) is 31.3 Å². The van der Waals surface area contributed by atoms with Crippen molar-refractivity contribution in [3.05, 3.63) is 23.9 Å². The molecule has 3 rings (SSSR count). The van der Waals surface area contributed by atoms with Crippen LogP contribution in [0.15, 0.2) is 18.3 Å². The Morgan fingerprint density at radius 1 is 1.26 bits per heavy atom. The highest BCUT2D eigenvalue weighted by Gasteiger charge is 2.38. The topological polar surface area (TPSA) is 79.8 Å². The molecule has 1 aromatic rings. The summed E-state index contributed by atoms with van der Waals surface area (Å²) in [7, 11) is -3.24. The maximum atomic E-state index is 12.7. The van der Waals surface area contributed by atoms with E-state index in [1.54, 1.807) is 4.90 Å². The van der Waals surface area contributed by atoms with Crippen LogP contribution in [-0.4, -0.2) is 67.1 Å². The number of rotatable bonds is 4. The van der Waals surface area contributed by atoms with Crippen LogP contribution < -0.4 is 4.74 Å². The molecule has 2 aliphatic rings. The molecule has 2 saturated heterocycles. The molecule has 1 aromatic heterocycles. The minimum Gasteiger partial charge on any atom is -0.471 e. The fraction of sp³-hybridized carbons (Fsp3) is 0.625. The van der Waals surface area contributed by atoms with E-state index >= 15 is 0 Å². The number of pyridine rings is 1. The third-order valence-corrected chi connectivity index (χ3v) is 6.08. The summed E-state index contributed by atoms with van der Waals surface area (Å²) in [4.78, 5) is 17.8. The first-order valence-electron chi connectivity index (χ1n) is 8.48. The number of carbonyl (C=O) groups excluding carboxylic acids is 1. The number of aromatic nitrogens is 1. The van der Waals surface area contributed by atoms with Crippen LogP contribution in [0.3, 0.4) is 0 Å². The Morgan fingerprint density at radius 2 is 1.89 bits per heavy atom. The summed E-state index contributed by atoms with van der Waals surface area (Å²) in [5, 5.41) is 0. The lowest BCUT2D eigenvalue weighted by Gasteiger charge is -2.41. The summed E-state index contributed by atoms with van der Waals surface area (Å²) in [6.07, 6.45) is -1.76. The number of amides is 1. The Balaban J connectivity index is 1.48. The number of carbonyl (C=O) groups is 1. The summed E-state index contributed by atoms with van der Waals surface area (Å²) in [6.45, 7) is 1.19. The van der Waals surface area contributed by atoms with Crippen molar-refractivity contribution in [2.24, 2.45) is 5.92 Å². The molecule has 1 amide bonds. The standard InChI is InChI=1S/C16H20F3N3O4S/c1-27(24,25)22-6-3-11(4-7-22)15(23)21-9-13(10-21)26-14-8-12(2-5-20-14)16(17,18)19/h2,5,8,11,13H,3-4,6-7,9-10H2,1H3. The molecule has 2 fully saturated rings. The number of alkyl halides is 3. The quantitative estimate of drug-likeness (QED) is 0.753. The molecule has 150 valence electrons. The number of ether oxygens (including phenoxy) is 1. The van der Waals surface area contributed by atoms with Crippen LogP contribution in [-0.2, 0) is 21.0 Å². The van der Waals surface area contributed by atoms with E-state index in [9.17, 15) is 26.4 Å². The number of sulfonamides is 1. The van der Waals surface area contributed by atoms with Crippen LogP contribution in [0.4, 0.5) is 13.2 Å². The van der Waals surface area contributed by atoms with E-state index in [0.717, 1.165) is 24.6 Å².